The number of furan rings is 1. The molecule has 1 aromatic heterocycles. The molecule has 1 aliphatic heterocycles. The molecular weight excluding hydrogens is 274 g/mol. The molecule has 0 atom stereocenters. The van der Waals surface area contributed by atoms with Crippen LogP contribution in [-0.4, -0.2) is 22.8 Å². The number of amides is 1. The average molecular weight is 285 g/mol. The van der Waals surface area contributed by atoms with Gasteiger partial charge in [0.2, 0.25) is 5.76 Å². The molecule has 0 aliphatic carbocycles. The van der Waals surface area contributed by atoms with E-state index in [0.29, 0.717) is 22.6 Å². The fourth-order valence-corrected chi connectivity index (χ4v) is 2.40. The lowest BCUT2D eigenvalue weighted by atomic mass is 10.1. The lowest BCUT2D eigenvalue weighted by Crippen LogP contribution is -2.28. The van der Waals surface area contributed by atoms with Crippen molar-refractivity contribution in [1.29, 1.82) is 0 Å². The van der Waals surface area contributed by atoms with Gasteiger partial charge in [0.1, 0.15) is 5.76 Å². The highest BCUT2D eigenvalue weighted by molar-refractivity contribution is 6.52. The summed E-state index contributed by atoms with van der Waals surface area (Å²) in [6.45, 7) is 1.64. The number of rotatable bonds is 3. The van der Waals surface area contributed by atoms with Crippen molar-refractivity contribution in [2.75, 3.05) is 4.90 Å². The fraction of sp³-hybridized carbons (Fsp3) is 0.133. The first-order valence-corrected chi connectivity index (χ1v) is 6.27. The summed E-state index contributed by atoms with van der Waals surface area (Å²) in [7, 11) is 0. The normalized spacial score (nSPS) is 13.7. The number of benzene rings is 1. The van der Waals surface area contributed by atoms with Gasteiger partial charge >= 0.3 is 5.97 Å². The van der Waals surface area contributed by atoms with E-state index < -0.39 is 17.7 Å². The molecule has 0 bridgehead atoms. The Morgan fingerprint density at radius 1 is 1.29 bits per heavy atom. The van der Waals surface area contributed by atoms with E-state index in [0.717, 1.165) is 0 Å². The van der Waals surface area contributed by atoms with E-state index in [9.17, 15) is 14.4 Å². The minimum Gasteiger partial charge on any atom is -0.475 e. The number of ketones is 1. The molecular formula is C15H11NO5. The Labute approximate surface area is 119 Å². The molecule has 1 aliphatic rings. The molecule has 2 heterocycles. The molecule has 21 heavy (non-hydrogen) atoms. The summed E-state index contributed by atoms with van der Waals surface area (Å²) in [5.74, 6) is -2.20. The number of hydrogen-bond acceptors (Lipinski definition) is 4. The van der Waals surface area contributed by atoms with Gasteiger partial charge in [0.25, 0.3) is 11.7 Å². The minimum atomic E-state index is -1.16. The smallest absolute Gasteiger partial charge is 0.372 e. The largest absolute Gasteiger partial charge is 0.475 e. The van der Waals surface area contributed by atoms with E-state index in [-0.39, 0.29) is 12.3 Å². The van der Waals surface area contributed by atoms with Gasteiger partial charge in [0.15, 0.2) is 0 Å². The van der Waals surface area contributed by atoms with Gasteiger partial charge in [-0.1, -0.05) is 12.1 Å². The molecule has 0 saturated carbocycles. The predicted molar refractivity (Wildman–Crippen MR) is 72.4 cm³/mol. The van der Waals surface area contributed by atoms with E-state index in [1.165, 1.54) is 4.90 Å². The van der Waals surface area contributed by atoms with Crippen molar-refractivity contribution in [3.8, 4) is 0 Å². The van der Waals surface area contributed by atoms with Crippen LogP contribution in [0.15, 0.2) is 34.7 Å². The number of Topliss-reactive ketones (excluding diaryl/α,β-unsaturated/α-hetero) is 1. The third-order valence-corrected chi connectivity index (χ3v) is 3.36. The van der Waals surface area contributed by atoms with Crippen LogP contribution in [0.2, 0.25) is 0 Å². The Morgan fingerprint density at radius 2 is 2.00 bits per heavy atom. The maximum atomic E-state index is 12.0. The molecule has 6 heteroatoms. The third-order valence-electron chi connectivity index (χ3n) is 3.36. The predicted octanol–water partition coefficient (Wildman–Crippen LogP) is 2.02. The number of hydrogen-bond donors (Lipinski definition) is 1. The van der Waals surface area contributed by atoms with Crippen molar-refractivity contribution in [3.05, 3.63) is 53.0 Å². The topological polar surface area (TPSA) is 87.8 Å². The van der Waals surface area contributed by atoms with Crippen molar-refractivity contribution in [2.45, 2.75) is 13.5 Å². The number of nitrogens with zero attached hydrogens (tertiary/aromatic N) is 1. The van der Waals surface area contributed by atoms with E-state index in [1.54, 1.807) is 37.3 Å². The molecule has 0 spiro atoms. The van der Waals surface area contributed by atoms with Crippen molar-refractivity contribution >= 4 is 23.3 Å². The van der Waals surface area contributed by atoms with Gasteiger partial charge in [0.05, 0.1) is 17.8 Å². The highest BCUT2D eigenvalue weighted by Crippen LogP contribution is 2.30. The van der Waals surface area contributed by atoms with Crippen LogP contribution in [0, 0.1) is 6.92 Å². The van der Waals surface area contributed by atoms with Crippen LogP contribution in [0.1, 0.15) is 32.2 Å². The summed E-state index contributed by atoms with van der Waals surface area (Å²) in [6, 6.07) is 8.24. The molecule has 0 unspecified atom stereocenters. The number of carboxylic acids is 1. The zero-order valence-electron chi connectivity index (χ0n) is 11.1. The molecule has 2 aromatic rings. The number of carbonyl (C=O) groups excluding carboxylic acids is 2. The molecule has 1 aromatic carbocycles. The van der Waals surface area contributed by atoms with Gasteiger partial charge < -0.3 is 9.52 Å². The highest BCUT2D eigenvalue weighted by atomic mass is 16.4. The van der Waals surface area contributed by atoms with Crippen LogP contribution < -0.4 is 4.90 Å². The van der Waals surface area contributed by atoms with Crippen molar-refractivity contribution < 1.29 is 23.9 Å². The van der Waals surface area contributed by atoms with Crippen LogP contribution in [0.5, 0.6) is 0 Å². The van der Waals surface area contributed by atoms with E-state index >= 15 is 0 Å². The van der Waals surface area contributed by atoms with E-state index in [1.807, 2.05) is 0 Å². The summed E-state index contributed by atoms with van der Waals surface area (Å²) < 4.78 is 5.23. The maximum absolute atomic E-state index is 12.0. The second-order valence-electron chi connectivity index (χ2n) is 4.77. The van der Waals surface area contributed by atoms with Gasteiger partial charge in [-0.15, -0.1) is 0 Å². The lowest BCUT2D eigenvalue weighted by molar-refractivity contribution is -0.114. The highest BCUT2D eigenvalue weighted by Gasteiger charge is 2.36. The molecule has 1 N–H and O–H groups in total. The molecule has 1 amide bonds. The summed E-state index contributed by atoms with van der Waals surface area (Å²) in [4.78, 5) is 36.1. The number of fused-ring (bicyclic) bond motifs is 1. The zero-order valence-corrected chi connectivity index (χ0v) is 11.1. The lowest BCUT2D eigenvalue weighted by Gasteiger charge is -2.14. The standard InChI is InChI=1S/C15H11NO5/c1-8-6-9(21-13(8)15(19)20)7-16-11-5-3-2-4-10(11)12(17)14(16)18/h2-6H,7H2,1H3,(H,19,20). The van der Waals surface area contributed by atoms with E-state index in [2.05, 4.69) is 0 Å². The Morgan fingerprint density at radius 3 is 2.67 bits per heavy atom. The first-order valence-electron chi connectivity index (χ1n) is 6.27. The van der Waals surface area contributed by atoms with Crippen molar-refractivity contribution in [2.24, 2.45) is 0 Å². The number of carboxylic acid groups (broad SMARTS) is 1. The second-order valence-corrected chi connectivity index (χ2v) is 4.77. The molecule has 0 saturated heterocycles. The first-order chi connectivity index (χ1) is 9.99. The Bertz CT molecular complexity index is 774. The van der Waals surface area contributed by atoms with Crippen LogP contribution in [-0.2, 0) is 11.3 Å². The monoisotopic (exact) mass is 285 g/mol. The molecule has 6 nitrogen and oxygen atoms in total. The number of para-hydroxylation sites is 1. The first kappa shape index (κ1) is 13.1. The molecule has 106 valence electrons. The number of aryl methyl sites for hydroxylation is 1. The third kappa shape index (κ3) is 2.01. The Hall–Kier alpha value is -2.89. The number of anilines is 1. The van der Waals surface area contributed by atoms with Gasteiger partial charge in [-0.05, 0) is 25.1 Å². The van der Waals surface area contributed by atoms with Crippen LogP contribution >= 0.6 is 0 Å². The van der Waals surface area contributed by atoms with Crippen LogP contribution in [0.4, 0.5) is 5.69 Å². The van der Waals surface area contributed by atoms with Crippen molar-refractivity contribution in [3.63, 3.8) is 0 Å². The molecule has 3 rings (SSSR count). The minimum absolute atomic E-state index is 0.0235. The van der Waals surface area contributed by atoms with Crippen LogP contribution in [0.3, 0.4) is 0 Å². The Kier molecular flexibility index (Phi) is 2.86. The average Bonchev–Trinajstić information content (AvgIpc) is 2.94. The van der Waals surface area contributed by atoms with E-state index in [4.69, 9.17) is 9.52 Å². The van der Waals surface area contributed by atoms with Crippen LogP contribution in [0.25, 0.3) is 0 Å². The zero-order chi connectivity index (χ0) is 15.1. The quantitative estimate of drug-likeness (QED) is 0.871. The van der Waals surface area contributed by atoms with Gasteiger partial charge in [-0.2, -0.15) is 0 Å². The summed E-state index contributed by atoms with van der Waals surface area (Å²) in [5.41, 5.74) is 1.34. The fourth-order valence-electron chi connectivity index (χ4n) is 2.40. The maximum Gasteiger partial charge on any atom is 0.372 e. The summed E-state index contributed by atoms with van der Waals surface area (Å²) >= 11 is 0. The number of carbonyl (C=O) groups is 3. The Balaban J connectivity index is 1.95. The number of aromatic carboxylic acids is 1. The summed E-state index contributed by atoms with van der Waals surface area (Å²) in [5, 5.41) is 8.96. The summed E-state index contributed by atoms with van der Waals surface area (Å²) in [6.07, 6.45) is 0. The SMILES string of the molecule is Cc1cc(CN2C(=O)C(=O)c3ccccc32)oc1C(=O)O. The van der Waals surface area contributed by atoms with Gasteiger partial charge in [0, 0.05) is 5.56 Å². The molecule has 0 radical (unpaired) electrons. The molecule has 0 fully saturated rings. The second kappa shape index (κ2) is 4.59. The van der Waals surface area contributed by atoms with Gasteiger partial charge in [-0.3, -0.25) is 14.5 Å². The van der Waals surface area contributed by atoms with Crippen molar-refractivity contribution in [1.82, 2.24) is 0 Å². The van der Waals surface area contributed by atoms with Gasteiger partial charge in [-0.25, -0.2) is 4.79 Å².